The zero-order valence-corrected chi connectivity index (χ0v) is 43.1. The molecule has 5 radical (unpaired) electrons. The van der Waals surface area contributed by atoms with Gasteiger partial charge in [-0.05, 0) is 92.9 Å². The summed E-state index contributed by atoms with van der Waals surface area (Å²) >= 11 is 3.37. The number of nitrogens with one attached hydrogen (secondary N) is 2. The van der Waals surface area contributed by atoms with Crippen molar-refractivity contribution >= 4 is 74.2 Å². The highest BCUT2D eigenvalue weighted by molar-refractivity contribution is 9.10. The number of pyridine rings is 2. The van der Waals surface area contributed by atoms with Crippen LogP contribution in [0.4, 0.5) is 20.7 Å². The number of hydrogen-bond acceptors (Lipinski definition) is 16. The molecular weight excluding hydrogens is 1030 g/mol. The van der Waals surface area contributed by atoms with Crippen LogP contribution in [-0.2, 0) is 35.2 Å². The number of nitrogens with zero attached hydrogens (tertiary/aromatic N) is 10. The largest absolute Gasteiger partial charge is 0.496 e. The summed E-state index contributed by atoms with van der Waals surface area (Å²) in [6.45, 7) is 13.9. The van der Waals surface area contributed by atoms with Crippen LogP contribution in [0, 0.1) is 25.5 Å². The lowest BCUT2D eigenvalue weighted by Gasteiger charge is -2.32. The highest BCUT2D eigenvalue weighted by Crippen LogP contribution is 2.37. The van der Waals surface area contributed by atoms with Crippen LogP contribution < -0.4 is 35.0 Å². The third kappa shape index (κ3) is 12.3. The SMILES string of the molecule is C.C.COc1cc(C)c(-c2cnc(NCc3c(F)ccc4c3CCO4)n3cnnc23)cn1.COc1cc(C)c(B2OC(C)(C)C(C)(C)O2)cn1.Fc1ccc2c(c1CNc1ncc(Br)c3nncn13)CCO2.[B][B][B]. The molecule has 8 aromatic rings. The minimum absolute atomic E-state index is 0. The van der Waals surface area contributed by atoms with Crippen LogP contribution in [0.1, 0.15) is 75.9 Å². The standard InChI is InChI=1S/C21H19FN6O2.C14H11BrFN5O.C13H20BNO3.2CH4.B3/c1-12-7-19(29-2)23-8-14(12)16-10-25-21(28-11-26-27-20(16)28)24-9-15-13-5-6-30-18(13)4-3-17(15)22;15-10-6-18-14(21-7-19-20-13(10)21)17-5-9-8-3-4-22-12(8)2-1-11(9)16;1-9-7-11(16-6)15-8-10(9)14-17-12(2,3)13(4,5)18-14;;;1-3-2/h3-4,7-8,10-11H,5-6,9H2,1-2H3,(H,24,25);1-2,6-7H,3-5H2,(H,17,18);7-8H,1-6H3;2*1H4;. The first-order valence-electron chi connectivity index (χ1n) is 23.1. The Kier molecular flexibility index (Phi) is 18.9. The van der Waals surface area contributed by atoms with Crippen molar-refractivity contribution < 1.29 is 37.0 Å². The van der Waals surface area contributed by atoms with Crippen LogP contribution in [0.3, 0.4) is 0 Å². The van der Waals surface area contributed by atoms with Gasteiger partial charge in [-0.3, -0.25) is 8.80 Å². The van der Waals surface area contributed by atoms with E-state index in [4.69, 9.17) is 28.3 Å². The molecule has 2 aromatic carbocycles. The Labute approximate surface area is 447 Å². The number of aromatic nitrogens is 10. The molecule has 387 valence electrons. The van der Waals surface area contributed by atoms with Crippen molar-refractivity contribution in [3.05, 3.63) is 123 Å². The van der Waals surface area contributed by atoms with Crippen molar-refractivity contribution in [3.63, 3.8) is 0 Å². The summed E-state index contributed by atoms with van der Waals surface area (Å²) in [5, 5.41) is 22.5. The Balaban J connectivity index is 0.000000182. The summed E-state index contributed by atoms with van der Waals surface area (Å²) in [5.41, 5.74) is 8.32. The quantitative estimate of drug-likeness (QED) is 0.127. The second kappa shape index (κ2) is 24.7. The van der Waals surface area contributed by atoms with Crippen LogP contribution in [0.5, 0.6) is 23.3 Å². The van der Waals surface area contributed by atoms with Gasteiger partial charge in [-0.25, -0.2) is 28.7 Å². The summed E-state index contributed by atoms with van der Waals surface area (Å²) in [6, 6.07) is 9.97. The fourth-order valence-corrected chi connectivity index (χ4v) is 8.57. The molecule has 6 aromatic heterocycles. The molecule has 0 atom stereocenters. The number of ether oxygens (including phenoxy) is 4. The number of benzene rings is 2. The Morgan fingerprint density at radius 2 is 1.16 bits per heavy atom. The number of methoxy groups -OCH3 is 2. The molecule has 25 heteroatoms. The van der Waals surface area contributed by atoms with E-state index < -0.39 is 0 Å². The fraction of sp³-hybridized carbons (Fsp3) is 0.360. The van der Waals surface area contributed by atoms with Crippen molar-refractivity contribution in [3.8, 4) is 34.4 Å². The number of fused-ring (bicyclic) bond motifs is 4. The molecule has 18 nitrogen and oxygen atoms in total. The molecule has 2 N–H and O–H groups in total. The molecule has 0 aliphatic carbocycles. The van der Waals surface area contributed by atoms with Gasteiger partial charge < -0.3 is 38.9 Å². The van der Waals surface area contributed by atoms with Crippen LogP contribution in [0.25, 0.3) is 22.4 Å². The summed E-state index contributed by atoms with van der Waals surface area (Å²) < 4.78 is 66.1. The van der Waals surface area contributed by atoms with E-state index in [0.717, 1.165) is 68.3 Å². The molecule has 0 saturated carbocycles. The third-order valence-corrected chi connectivity index (χ3v) is 13.3. The Hall–Kier alpha value is -6.84. The minimum atomic E-state index is -0.367. The first-order valence-corrected chi connectivity index (χ1v) is 23.9. The average molecular weight is 1080 g/mol. The van der Waals surface area contributed by atoms with Crippen molar-refractivity contribution in [1.82, 2.24) is 49.1 Å². The van der Waals surface area contributed by atoms with E-state index in [1.165, 1.54) is 12.1 Å². The molecule has 9 heterocycles. The van der Waals surface area contributed by atoms with Crippen LogP contribution in [0.15, 0.2) is 78.3 Å². The summed E-state index contributed by atoms with van der Waals surface area (Å²) in [5.74, 6) is 3.23. The number of rotatable bonds is 10. The molecular formula is C50H58B4BrF2N12O6. The van der Waals surface area contributed by atoms with Crippen LogP contribution in [-0.4, -0.2) is 117 Å². The Morgan fingerprint density at radius 3 is 1.67 bits per heavy atom. The van der Waals surface area contributed by atoms with Crippen molar-refractivity contribution in [1.29, 1.82) is 0 Å². The molecule has 0 unspecified atom stereocenters. The molecule has 1 fully saturated rings. The van der Waals surface area contributed by atoms with Gasteiger partial charge in [0.05, 0.1) is 43.1 Å². The third-order valence-electron chi connectivity index (χ3n) is 12.8. The first-order chi connectivity index (χ1) is 35.1. The molecule has 0 spiro atoms. The molecule has 3 aliphatic rings. The smallest absolute Gasteiger partial charge is 0.493 e. The zero-order valence-electron chi connectivity index (χ0n) is 41.5. The number of anilines is 2. The minimum Gasteiger partial charge on any atom is -0.493 e. The van der Waals surface area contributed by atoms with Gasteiger partial charge in [0.25, 0.3) is 0 Å². The summed E-state index contributed by atoms with van der Waals surface area (Å²) in [6.07, 6.45) is 11.4. The molecule has 0 amide bonds. The van der Waals surface area contributed by atoms with Gasteiger partial charge in [0, 0.05) is 124 Å². The Bertz CT molecular complexity index is 3250. The van der Waals surface area contributed by atoms with E-state index >= 15 is 0 Å². The van der Waals surface area contributed by atoms with E-state index in [1.54, 1.807) is 72.6 Å². The predicted molar refractivity (Wildman–Crippen MR) is 292 cm³/mol. The van der Waals surface area contributed by atoms with Crippen molar-refractivity contribution in [2.45, 2.75) is 93.5 Å². The van der Waals surface area contributed by atoms with Gasteiger partial charge in [-0.15, -0.1) is 20.4 Å². The number of aryl methyl sites for hydroxylation is 2. The lowest BCUT2D eigenvalue weighted by molar-refractivity contribution is 0.00578. The molecule has 3 aliphatic heterocycles. The number of halogens is 3. The maximum atomic E-state index is 14.4. The second-order valence-electron chi connectivity index (χ2n) is 17.8. The fourth-order valence-electron chi connectivity index (χ4n) is 8.20. The highest BCUT2D eigenvalue weighted by atomic mass is 79.9. The van der Waals surface area contributed by atoms with Crippen molar-refractivity contribution in [2.75, 3.05) is 38.1 Å². The van der Waals surface area contributed by atoms with Gasteiger partial charge in [0.1, 0.15) is 35.8 Å². The van der Waals surface area contributed by atoms with Crippen molar-refractivity contribution in [2.24, 2.45) is 0 Å². The van der Waals surface area contributed by atoms with Gasteiger partial charge in [-0.2, -0.15) is 0 Å². The van der Waals surface area contributed by atoms with Crippen LogP contribution >= 0.6 is 15.9 Å². The summed E-state index contributed by atoms with van der Waals surface area (Å²) in [4.78, 5) is 17.3. The summed E-state index contributed by atoms with van der Waals surface area (Å²) in [7, 11) is 12.8. The zero-order chi connectivity index (χ0) is 52.0. The molecule has 1 saturated heterocycles. The van der Waals surface area contributed by atoms with E-state index in [2.05, 4.69) is 82.4 Å². The predicted octanol–water partition coefficient (Wildman–Crippen LogP) is 7.59. The molecule has 0 bridgehead atoms. The Morgan fingerprint density at radius 1 is 0.693 bits per heavy atom. The van der Waals surface area contributed by atoms with E-state index in [-0.39, 0.29) is 51.4 Å². The molecule has 11 rings (SSSR count). The highest BCUT2D eigenvalue weighted by Gasteiger charge is 2.52. The van der Waals surface area contributed by atoms with E-state index in [9.17, 15) is 8.78 Å². The maximum Gasteiger partial charge on any atom is 0.496 e. The second-order valence-corrected chi connectivity index (χ2v) is 18.6. The van der Waals surface area contributed by atoms with E-state index in [1.807, 2.05) is 53.7 Å². The monoisotopic (exact) mass is 1080 g/mol. The van der Waals surface area contributed by atoms with Gasteiger partial charge in [0.2, 0.25) is 23.7 Å². The van der Waals surface area contributed by atoms with Gasteiger partial charge >= 0.3 is 7.12 Å². The topological polar surface area (TPSA) is 191 Å². The van der Waals surface area contributed by atoms with Gasteiger partial charge in [-0.1, -0.05) is 14.9 Å². The average Bonchev–Trinajstić information content (AvgIpc) is 4.24. The normalized spacial score (nSPS) is 14.1. The van der Waals surface area contributed by atoms with Gasteiger partial charge in [0.15, 0.2) is 11.3 Å². The number of hydrogen-bond donors (Lipinski definition) is 2. The maximum absolute atomic E-state index is 14.4. The van der Waals surface area contributed by atoms with E-state index in [0.29, 0.717) is 72.3 Å². The lowest BCUT2D eigenvalue weighted by Crippen LogP contribution is -2.41. The molecule has 75 heavy (non-hydrogen) atoms. The lowest BCUT2D eigenvalue weighted by atomic mass is 9.40. The first kappa shape index (κ1) is 57.4. The van der Waals surface area contributed by atoms with Crippen LogP contribution in [0.2, 0.25) is 0 Å².